The van der Waals surface area contributed by atoms with Gasteiger partial charge in [0.15, 0.2) is 12.0 Å². The van der Waals surface area contributed by atoms with E-state index in [-0.39, 0.29) is 18.3 Å². The van der Waals surface area contributed by atoms with Gasteiger partial charge in [-0.2, -0.15) is 5.06 Å². The van der Waals surface area contributed by atoms with E-state index in [9.17, 15) is 9.59 Å². The predicted molar refractivity (Wildman–Crippen MR) is 126 cm³/mol. The standard InChI is InChI=1S/C24H31BrN2O7/c1-5-31-23(29)33-21-20(19-15(2)13-17(25)14-16(19)3)22(28)27(34-18-7-6-12-32-18)24(21)8-10-26(30-4)11-9-24/h13-14,18H,5-12H2,1-4H3. The smallest absolute Gasteiger partial charge is 0.434 e. The molecule has 9 nitrogen and oxygen atoms in total. The minimum absolute atomic E-state index is 0.159. The third-order valence-corrected chi connectivity index (χ3v) is 7.01. The van der Waals surface area contributed by atoms with E-state index in [1.807, 2.05) is 31.0 Å². The lowest BCUT2D eigenvalue weighted by Gasteiger charge is -2.43. The van der Waals surface area contributed by atoms with Crippen molar-refractivity contribution in [1.29, 1.82) is 0 Å². The number of hydrogen-bond donors (Lipinski definition) is 0. The van der Waals surface area contributed by atoms with E-state index in [0.717, 1.165) is 27.6 Å². The number of nitrogens with zero attached hydrogens (tertiary/aromatic N) is 2. The molecule has 10 heteroatoms. The van der Waals surface area contributed by atoms with Crippen molar-refractivity contribution in [3.8, 4) is 0 Å². The molecule has 3 aliphatic heterocycles. The second-order valence-corrected chi connectivity index (χ2v) is 9.61. The number of piperidine rings is 1. The summed E-state index contributed by atoms with van der Waals surface area (Å²) < 4.78 is 17.6. The summed E-state index contributed by atoms with van der Waals surface area (Å²) in [5.41, 5.74) is 1.80. The lowest BCUT2D eigenvalue weighted by molar-refractivity contribution is -0.291. The predicted octanol–water partition coefficient (Wildman–Crippen LogP) is 4.26. The summed E-state index contributed by atoms with van der Waals surface area (Å²) in [5.74, 6) is -0.0904. The minimum atomic E-state index is -0.994. The average molecular weight is 539 g/mol. The van der Waals surface area contributed by atoms with E-state index in [1.165, 1.54) is 5.06 Å². The molecule has 0 N–H and O–H groups in total. The van der Waals surface area contributed by atoms with Crippen LogP contribution in [0.2, 0.25) is 0 Å². The second-order valence-electron chi connectivity index (χ2n) is 8.69. The summed E-state index contributed by atoms with van der Waals surface area (Å²) in [7, 11) is 1.62. The molecule has 1 spiro atoms. The Morgan fingerprint density at radius 2 is 1.91 bits per heavy atom. The van der Waals surface area contributed by atoms with Crippen molar-refractivity contribution in [2.45, 2.75) is 58.3 Å². The number of carbonyl (C=O) groups excluding carboxylic acids is 2. The molecule has 1 atom stereocenters. The van der Waals surface area contributed by atoms with Crippen molar-refractivity contribution in [2.75, 3.05) is 33.4 Å². The van der Waals surface area contributed by atoms with Crippen LogP contribution in [0.4, 0.5) is 4.79 Å². The lowest BCUT2D eigenvalue weighted by atomic mass is 9.85. The van der Waals surface area contributed by atoms with Crippen LogP contribution in [-0.2, 0) is 28.7 Å². The minimum Gasteiger partial charge on any atom is -0.434 e. The molecule has 0 saturated carbocycles. The average Bonchev–Trinajstić information content (AvgIpc) is 3.37. The van der Waals surface area contributed by atoms with E-state index < -0.39 is 18.0 Å². The molecule has 3 heterocycles. The highest BCUT2D eigenvalue weighted by atomic mass is 79.9. The van der Waals surface area contributed by atoms with Gasteiger partial charge >= 0.3 is 6.16 Å². The fraction of sp³-hybridized carbons (Fsp3) is 0.583. The molecule has 2 saturated heterocycles. The van der Waals surface area contributed by atoms with E-state index in [2.05, 4.69) is 15.9 Å². The Balaban J connectivity index is 1.87. The number of carbonyl (C=O) groups is 2. The number of benzene rings is 1. The highest BCUT2D eigenvalue weighted by Crippen LogP contribution is 2.49. The monoisotopic (exact) mass is 538 g/mol. The second kappa shape index (κ2) is 10.3. The number of hydrogen-bond acceptors (Lipinski definition) is 8. The summed E-state index contributed by atoms with van der Waals surface area (Å²) in [6.07, 6.45) is 1.07. The molecule has 34 heavy (non-hydrogen) atoms. The molecule has 1 amide bonds. The number of halogens is 1. The molecule has 0 aliphatic carbocycles. The fourth-order valence-corrected chi connectivity index (χ4v) is 5.67. The highest BCUT2D eigenvalue weighted by Gasteiger charge is 2.58. The molecule has 0 aromatic heterocycles. The van der Waals surface area contributed by atoms with Gasteiger partial charge in [0.2, 0.25) is 0 Å². The van der Waals surface area contributed by atoms with Gasteiger partial charge in [-0.15, -0.1) is 0 Å². The van der Waals surface area contributed by atoms with Crippen LogP contribution in [0.3, 0.4) is 0 Å². The van der Waals surface area contributed by atoms with Gasteiger partial charge in [0.05, 0.1) is 25.9 Å². The summed E-state index contributed by atoms with van der Waals surface area (Å²) in [6.45, 7) is 7.35. The van der Waals surface area contributed by atoms with Gasteiger partial charge in [-0.05, 0) is 68.9 Å². The zero-order valence-electron chi connectivity index (χ0n) is 20.0. The Bertz CT molecular complexity index is 959. The topological polar surface area (TPSA) is 86.8 Å². The molecule has 1 aromatic carbocycles. The molecular formula is C24H31BrN2O7. The van der Waals surface area contributed by atoms with E-state index in [0.29, 0.717) is 44.5 Å². The Morgan fingerprint density at radius 1 is 1.24 bits per heavy atom. The maximum absolute atomic E-state index is 14.1. The Hall–Kier alpha value is -1.98. The Labute approximate surface area is 207 Å². The molecule has 186 valence electrons. The molecule has 4 rings (SSSR count). The Morgan fingerprint density at radius 3 is 2.47 bits per heavy atom. The molecule has 3 aliphatic rings. The first-order chi connectivity index (χ1) is 16.3. The third kappa shape index (κ3) is 4.61. The van der Waals surface area contributed by atoms with Crippen LogP contribution in [0.25, 0.3) is 5.57 Å². The number of rotatable bonds is 6. The molecule has 0 bridgehead atoms. The van der Waals surface area contributed by atoms with Crippen molar-refractivity contribution in [3.63, 3.8) is 0 Å². The van der Waals surface area contributed by atoms with Gasteiger partial charge in [-0.1, -0.05) is 15.9 Å². The first-order valence-electron chi connectivity index (χ1n) is 11.6. The van der Waals surface area contributed by atoms with Crippen LogP contribution in [0, 0.1) is 13.8 Å². The highest BCUT2D eigenvalue weighted by molar-refractivity contribution is 9.10. The molecular weight excluding hydrogens is 508 g/mol. The summed E-state index contributed by atoms with van der Waals surface area (Å²) in [6, 6.07) is 3.88. The normalized spacial score (nSPS) is 22.7. The largest absolute Gasteiger partial charge is 0.513 e. The summed E-state index contributed by atoms with van der Waals surface area (Å²) in [4.78, 5) is 38.3. The SMILES string of the molecule is CCOC(=O)OC1=C(c2c(C)cc(Br)cc2C)C(=O)N(OC2CCCO2)C12CCN(OC)CC2. The maximum Gasteiger partial charge on any atom is 0.513 e. The first kappa shape index (κ1) is 25.1. The van der Waals surface area contributed by atoms with Crippen molar-refractivity contribution >= 4 is 33.6 Å². The number of ether oxygens (including phenoxy) is 3. The van der Waals surface area contributed by atoms with E-state index >= 15 is 0 Å². The molecule has 1 unspecified atom stereocenters. The first-order valence-corrected chi connectivity index (χ1v) is 12.4. The van der Waals surface area contributed by atoms with Crippen LogP contribution >= 0.6 is 15.9 Å². The molecule has 0 radical (unpaired) electrons. The Kier molecular flexibility index (Phi) is 7.63. The third-order valence-electron chi connectivity index (χ3n) is 6.55. The van der Waals surface area contributed by atoms with Crippen LogP contribution in [0.1, 0.15) is 49.3 Å². The number of hydroxylamine groups is 4. The zero-order valence-corrected chi connectivity index (χ0v) is 21.6. The van der Waals surface area contributed by atoms with Crippen LogP contribution in [0.15, 0.2) is 22.4 Å². The quantitative estimate of drug-likeness (QED) is 0.496. The molecule has 1 aromatic rings. The van der Waals surface area contributed by atoms with Gasteiger partial charge in [0.1, 0.15) is 5.54 Å². The van der Waals surface area contributed by atoms with Crippen LogP contribution < -0.4 is 0 Å². The van der Waals surface area contributed by atoms with Crippen molar-refractivity contribution in [1.82, 2.24) is 10.1 Å². The fourth-order valence-electron chi connectivity index (χ4n) is 4.99. The van der Waals surface area contributed by atoms with Gasteiger partial charge in [0, 0.05) is 24.0 Å². The maximum atomic E-state index is 14.1. The molecule has 2 fully saturated rings. The van der Waals surface area contributed by atoms with Crippen LogP contribution in [0.5, 0.6) is 0 Å². The van der Waals surface area contributed by atoms with Gasteiger partial charge in [-0.25, -0.2) is 14.7 Å². The van der Waals surface area contributed by atoms with E-state index in [1.54, 1.807) is 14.0 Å². The van der Waals surface area contributed by atoms with E-state index in [4.69, 9.17) is 23.9 Å². The van der Waals surface area contributed by atoms with Gasteiger partial charge in [-0.3, -0.25) is 4.79 Å². The zero-order chi connectivity index (χ0) is 24.5. The summed E-state index contributed by atoms with van der Waals surface area (Å²) >= 11 is 3.52. The van der Waals surface area contributed by atoms with Crippen molar-refractivity contribution < 1.29 is 33.5 Å². The van der Waals surface area contributed by atoms with Gasteiger partial charge in [0.25, 0.3) is 5.91 Å². The number of aryl methyl sites for hydroxylation is 2. The summed E-state index contributed by atoms with van der Waals surface area (Å²) in [5, 5.41) is 3.21. The lowest BCUT2D eigenvalue weighted by Crippen LogP contribution is -2.56. The number of amides is 1. The van der Waals surface area contributed by atoms with Crippen molar-refractivity contribution in [2.24, 2.45) is 0 Å². The van der Waals surface area contributed by atoms with Gasteiger partial charge < -0.3 is 19.0 Å². The van der Waals surface area contributed by atoms with Crippen molar-refractivity contribution in [3.05, 3.63) is 39.1 Å². The van der Waals surface area contributed by atoms with Crippen LogP contribution in [-0.4, -0.2) is 67.4 Å².